The number of nitrogens with zero attached hydrogens (tertiary/aromatic N) is 3. The highest BCUT2D eigenvalue weighted by Gasteiger charge is 2.17. The molecule has 1 aromatic carbocycles. The van der Waals surface area contributed by atoms with Crippen LogP contribution in [0, 0.1) is 6.92 Å². The third-order valence-corrected chi connectivity index (χ3v) is 5.32. The largest absolute Gasteiger partial charge is 0.454 e. The third-order valence-electron chi connectivity index (χ3n) is 4.44. The molecule has 3 aromatic heterocycles. The van der Waals surface area contributed by atoms with Gasteiger partial charge in [0.05, 0.1) is 17.6 Å². The van der Waals surface area contributed by atoms with Crippen LogP contribution in [-0.2, 0) is 6.54 Å². The number of rotatable bonds is 4. The molecule has 1 aliphatic rings. The lowest BCUT2D eigenvalue weighted by molar-refractivity contribution is 0.174. The van der Waals surface area contributed by atoms with Gasteiger partial charge < -0.3 is 14.8 Å². The topological polar surface area (TPSA) is 69.2 Å². The number of fused-ring (bicyclic) bond motifs is 2. The van der Waals surface area contributed by atoms with Crippen molar-refractivity contribution in [3.63, 3.8) is 0 Å². The number of hydrogen-bond acceptors (Lipinski definition) is 7. The van der Waals surface area contributed by atoms with E-state index in [4.69, 9.17) is 9.47 Å². The van der Waals surface area contributed by atoms with Crippen LogP contribution in [0.3, 0.4) is 0 Å². The number of benzene rings is 1. The van der Waals surface area contributed by atoms with Crippen LogP contribution >= 0.6 is 11.3 Å². The summed E-state index contributed by atoms with van der Waals surface area (Å²) in [7, 11) is 0. The van der Waals surface area contributed by atoms with Gasteiger partial charge in [-0.1, -0.05) is 12.1 Å². The fourth-order valence-corrected chi connectivity index (χ4v) is 4.07. The van der Waals surface area contributed by atoms with Crippen LogP contribution in [0.1, 0.15) is 11.4 Å². The van der Waals surface area contributed by atoms with Gasteiger partial charge in [-0.3, -0.25) is 4.98 Å². The van der Waals surface area contributed by atoms with Crippen LogP contribution in [0.4, 0.5) is 5.82 Å². The Morgan fingerprint density at radius 2 is 2.04 bits per heavy atom. The molecule has 4 aromatic rings. The Kier molecular flexibility index (Phi) is 3.86. The molecule has 0 fully saturated rings. The normalized spacial score (nSPS) is 12.5. The molecule has 7 heteroatoms. The molecule has 6 nitrogen and oxygen atoms in total. The molecule has 0 amide bonds. The summed E-state index contributed by atoms with van der Waals surface area (Å²) in [6.45, 7) is 2.86. The summed E-state index contributed by atoms with van der Waals surface area (Å²) in [4.78, 5) is 14.4. The zero-order valence-electron chi connectivity index (χ0n) is 14.6. The zero-order valence-corrected chi connectivity index (χ0v) is 15.4. The molecule has 0 saturated carbocycles. The minimum Gasteiger partial charge on any atom is -0.454 e. The number of anilines is 1. The van der Waals surface area contributed by atoms with Crippen molar-refractivity contribution in [2.24, 2.45) is 0 Å². The van der Waals surface area contributed by atoms with E-state index in [1.807, 2.05) is 43.3 Å². The maximum atomic E-state index is 5.52. The number of ether oxygens (including phenoxy) is 2. The monoisotopic (exact) mass is 376 g/mol. The van der Waals surface area contributed by atoms with E-state index < -0.39 is 0 Å². The first-order chi connectivity index (χ1) is 13.3. The molecule has 4 heterocycles. The molecule has 0 radical (unpaired) electrons. The Labute approximate surface area is 159 Å². The summed E-state index contributed by atoms with van der Waals surface area (Å²) in [6, 6.07) is 12.0. The molecule has 0 unspecified atom stereocenters. The summed E-state index contributed by atoms with van der Waals surface area (Å²) in [6.07, 6.45) is 1.59. The quantitative estimate of drug-likeness (QED) is 0.569. The number of thiophene rings is 1. The molecule has 5 rings (SSSR count). The van der Waals surface area contributed by atoms with Crippen LogP contribution in [-0.4, -0.2) is 21.7 Å². The zero-order chi connectivity index (χ0) is 18.2. The Morgan fingerprint density at radius 3 is 2.96 bits per heavy atom. The summed E-state index contributed by atoms with van der Waals surface area (Å²) < 4.78 is 10.9. The first kappa shape index (κ1) is 16.0. The highest BCUT2D eigenvalue weighted by Crippen LogP contribution is 2.41. The van der Waals surface area contributed by atoms with Gasteiger partial charge in [0, 0.05) is 16.6 Å². The van der Waals surface area contributed by atoms with Gasteiger partial charge in [0.2, 0.25) is 6.79 Å². The molecule has 0 aliphatic carbocycles. The molecule has 0 bridgehead atoms. The Balaban J connectivity index is 1.53. The molecule has 0 atom stereocenters. The van der Waals surface area contributed by atoms with Gasteiger partial charge >= 0.3 is 0 Å². The highest BCUT2D eigenvalue weighted by atomic mass is 32.1. The van der Waals surface area contributed by atoms with Gasteiger partial charge in [-0.15, -0.1) is 11.3 Å². The average Bonchev–Trinajstić information content (AvgIpc) is 3.32. The van der Waals surface area contributed by atoms with Gasteiger partial charge in [-0.25, -0.2) is 9.97 Å². The summed E-state index contributed by atoms with van der Waals surface area (Å²) >= 11 is 1.60. The van der Waals surface area contributed by atoms with Crippen LogP contribution in [0.2, 0.25) is 0 Å². The number of hydrogen-bond donors (Lipinski definition) is 1. The second-order valence-electron chi connectivity index (χ2n) is 6.24. The van der Waals surface area contributed by atoms with Crippen molar-refractivity contribution < 1.29 is 9.47 Å². The second kappa shape index (κ2) is 6.51. The maximum Gasteiger partial charge on any atom is 0.231 e. The van der Waals surface area contributed by atoms with Crippen LogP contribution < -0.4 is 14.8 Å². The highest BCUT2D eigenvalue weighted by molar-refractivity contribution is 7.17. The fraction of sp³-hybridized carbons (Fsp3) is 0.150. The van der Waals surface area contributed by atoms with Crippen molar-refractivity contribution >= 4 is 27.4 Å². The molecule has 0 saturated heterocycles. The summed E-state index contributed by atoms with van der Waals surface area (Å²) in [5.74, 6) is 2.35. The minimum atomic E-state index is 0.266. The van der Waals surface area contributed by atoms with Gasteiger partial charge in [0.1, 0.15) is 17.0 Å². The lowest BCUT2D eigenvalue weighted by Gasteiger charge is -2.09. The van der Waals surface area contributed by atoms with Gasteiger partial charge in [0.25, 0.3) is 0 Å². The second-order valence-corrected chi connectivity index (χ2v) is 7.10. The van der Waals surface area contributed by atoms with E-state index >= 15 is 0 Å². The van der Waals surface area contributed by atoms with Crippen molar-refractivity contribution in [3.05, 3.63) is 59.5 Å². The maximum absolute atomic E-state index is 5.52. The van der Waals surface area contributed by atoms with Crippen LogP contribution in [0.15, 0.2) is 48.1 Å². The molecule has 134 valence electrons. The van der Waals surface area contributed by atoms with Crippen molar-refractivity contribution in [3.8, 4) is 22.6 Å². The van der Waals surface area contributed by atoms with Crippen LogP contribution in [0.25, 0.3) is 21.3 Å². The average molecular weight is 376 g/mol. The molecular weight excluding hydrogens is 360 g/mol. The van der Waals surface area contributed by atoms with Gasteiger partial charge in [-0.2, -0.15) is 0 Å². The molecule has 1 aliphatic heterocycles. The van der Waals surface area contributed by atoms with E-state index in [9.17, 15) is 0 Å². The SMILES string of the molecule is Cc1cccc(CNc2ncnc3scc(-c4ccc5c(c4)OCO5)c23)n1. The number of nitrogens with one attached hydrogen (secondary N) is 1. The van der Waals surface area contributed by atoms with E-state index in [-0.39, 0.29) is 6.79 Å². The van der Waals surface area contributed by atoms with E-state index in [1.165, 1.54) is 0 Å². The lowest BCUT2D eigenvalue weighted by atomic mass is 10.1. The number of aromatic nitrogens is 3. The predicted octanol–water partition coefficient (Wildman–Crippen LogP) is 4.40. The van der Waals surface area contributed by atoms with E-state index in [0.29, 0.717) is 6.54 Å². The molecule has 27 heavy (non-hydrogen) atoms. The van der Waals surface area contributed by atoms with Crippen molar-refractivity contribution in [2.75, 3.05) is 12.1 Å². The summed E-state index contributed by atoms with van der Waals surface area (Å²) in [5.41, 5.74) is 4.10. The predicted molar refractivity (Wildman–Crippen MR) is 105 cm³/mol. The molecule has 0 spiro atoms. The van der Waals surface area contributed by atoms with Gasteiger partial charge in [-0.05, 0) is 36.8 Å². The van der Waals surface area contributed by atoms with Crippen molar-refractivity contribution in [1.82, 2.24) is 15.0 Å². The van der Waals surface area contributed by atoms with E-state index in [0.717, 1.165) is 50.0 Å². The molecular formula is C20H16N4O2S. The first-order valence-electron chi connectivity index (χ1n) is 8.56. The van der Waals surface area contributed by atoms with Gasteiger partial charge in [0.15, 0.2) is 11.5 Å². The van der Waals surface area contributed by atoms with Crippen LogP contribution in [0.5, 0.6) is 11.5 Å². The van der Waals surface area contributed by atoms with Crippen molar-refractivity contribution in [1.29, 1.82) is 0 Å². The fourth-order valence-electron chi connectivity index (χ4n) is 3.16. The van der Waals surface area contributed by atoms with Crippen molar-refractivity contribution in [2.45, 2.75) is 13.5 Å². The Morgan fingerprint density at radius 1 is 1.11 bits per heavy atom. The molecule has 1 N–H and O–H groups in total. The van der Waals surface area contributed by atoms with E-state index in [2.05, 4.69) is 25.6 Å². The standard InChI is InChI=1S/C20H16N4O2S/c1-12-3-2-4-14(24-12)8-21-19-18-15(9-27-20(18)23-10-22-19)13-5-6-16-17(7-13)26-11-25-16/h2-7,9-10H,8,11H2,1H3,(H,21,22,23). The third kappa shape index (κ3) is 2.96. The Bertz CT molecular complexity index is 1140. The first-order valence-corrected chi connectivity index (χ1v) is 9.44. The Hall–Kier alpha value is -3.19. The minimum absolute atomic E-state index is 0.266. The lowest BCUT2D eigenvalue weighted by Crippen LogP contribution is -2.04. The smallest absolute Gasteiger partial charge is 0.231 e. The number of pyridine rings is 1. The van der Waals surface area contributed by atoms with E-state index in [1.54, 1.807) is 17.7 Å². The summed E-state index contributed by atoms with van der Waals surface area (Å²) in [5, 5.41) is 6.53. The number of aryl methyl sites for hydroxylation is 1.